The van der Waals surface area contributed by atoms with Gasteiger partial charge in [-0.2, -0.15) is 0 Å². The molecule has 1 aliphatic rings. The number of ether oxygens (including phenoxy) is 1. The van der Waals surface area contributed by atoms with Crippen molar-refractivity contribution in [3.63, 3.8) is 0 Å². The number of nitrogens with zero attached hydrogens (tertiary/aromatic N) is 1. The summed E-state index contributed by atoms with van der Waals surface area (Å²) < 4.78 is 5.56. The van der Waals surface area contributed by atoms with Gasteiger partial charge in [0.15, 0.2) is 6.61 Å². The van der Waals surface area contributed by atoms with Gasteiger partial charge in [0.1, 0.15) is 5.75 Å². The van der Waals surface area contributed by atoms with Gasteiger partial charge in [-0.1, -0.05) is 24.6 Å². The summed E-state index contributed by atoms with van der Waals surface area (Å²) in [7, 11) is 0. The number of amides is 1. The Morgan fingerprint density at radius 2 is 2.05 bits per heavy atom. The highest BCUT2D eigenvalue weighted by atomic mass is 35.5. The van der Waals surface area contributed by atoms with Crippen molar-refractivity contribution in [3.8, 4) is 5.75 Å². The summed E-state index contributed by atoms with van der Waals surface area (Å²) in [5.41, 5.74) is 6.96. The van der Waals surface area contributed by atoms with Gasteiger partial charge in [0.25, 0.3) is 5.91 Å². The van der Waals surface area contributed by atoms with E-state index in [0.29, 0.717) is 12.5 Å². The molecule has 2 atom stereocenters. The van der Waals surface area contributed by atoms with Gasteiger partial charge in [-0.05, 0) is 37.8 Å². The first-order valence-electron chi connectivity index (χ1n) is 7.29. The van der Waals surface area contributed by atoms with Crippen LogP contribution < -0.4 is 10.5 Å². The Morgan fingerprint density at radius 1 is 1.38 bits per heavy atom. The molecule has 2 N–H and O–H groups in total. The Balaban J connectivity index is 0.00000220. The second-order valence-corrected chi connectivity index (χ2v) is 5.71. The molecule has 0 saturated carbocycles. The molecule has 21 heavy (non-hydrogen) atoms. The zero-order valence-electron chi connectivity index (χ0n) is 12.7. The molecule has 1 saturated heterocycles. The molecule has 1 aromatic rings. The Bertz CT molecular complexity index is 450. The third-order valence-electron chi connectivity index (χ3n) is 3.95. The number of hydrogen-bond acceptors (Lipinski definition) is 3. The van der Waals surface area contributed by atoms with Crippen LogP contribution in [0.4, 0.5) is 0 Å². The van der Waals surface area contributed by atoms with Gasteiger partial charge in [-0.15, -0.1) is 12.4 Å². The highest BCUT2D eigenvalue weighted by Crippen LogP contribution is 2.22. The van der Waals surface area contributed by atoms with E-state index in [9.17, 15) is 4.79 Å². The number of nitrogens with two attached hydrogens (primary N) is 1. The molecule has 0 aromatic heterocycles. The predicted octanol–water partition coefficient (Wildman–Crippen LogP) is 2.38. The van der Waals surface area contributed by atoms with Gasteiger partial charge < -0.3 is 15.4 Å². The maximum absolute atomic E-state index is 12.3. The van der Waals surface area contributed by atoms with Crippen LogP contribution in [0.1, 0.15) is 25.3 Å². The molecule has 1 fully saturated rings. The topological polar surface area (TPSA) is 55.6 Å². The van der Waals surface area contributed by atoms with Crippen molar-refractivity contribution in [1.29, 1.82) is 0 Å². The molecule has 118 valence electrons. The summed E-state index contributed by atoms with van der Waals surface area (Å²) in [4.78, 5) is 14.1. The van der Waals surface area contributed by atoms with Crippen molar-refractivity contribution in [3.05, 3.63) is 29.8 Å². The number of piperidine rings is 1. The fourth-order valence-corrected chi connectivity index (χ4v) is 2.67. The molecular formula is C16H25ClN2O2. The fourth-order valence-electron chi connectivity index (χ4n) is 2.67. The smallest absolute Gasteiger partial charge is 0.260 e. The SMILES string of the molecule is Cc1ccc(OCC(=O)N2CCC(C)CC2CN)cc1.Cl. The second-order valence-electron chi connectivity index (χ2n) is 5.71. The highest BCUT2D eigenvalue weighted by molar-refractivity contribution is 5.85. The summed E-state index contributed by atoms with van der Waals surface area (Å²) >= 11 is 0. The molecule has 1 aliphatic heterocycles. The molecule has 2 unspecified atom stereocenters. The van der Waals surface area contributed by atoms with Crippen molar-refractivity contribution in [1.82, 2.24) is 4.90 Å². The van der Waals surface area contributed by atoms with Crippen molar-refractivity contribution >= 4 is 18.3 Å². The number of likely N-dealkylation sites (tertiary alicyclic amines) is 1. The minimum atomic E-state index is 0. The Hall–Kier alpha value is -1.26. The number of hydrogen-bond donors (Lipinski definition) is 1. The van der Waals surface area contributed by atoms with Gasteiger partial charge in [0.2, 0.25) is 0 Å². The second kappa shape index (κ2) is 8.25. The van der Waals surface area contributed by atoms with Gasteiger partial charge in [0.05, 0.1) is 0 Å². The van der Waals surface area contributed by atoms with E-state index in [1.165, 1.54) is 5.56 Å². The lowest BCUT2D eigenvalue weighted by molar-refractivity contribution is -0.137. The molecule has 0 bridgehead atoms. The van der Waals surface area contributed by atoms with E-state index >= 15 is 0 Å². The summed E-state index contributed by atoms with van der Waals surface area (Å²) in [6.07, 6.45) is 2.04. The number of rotatable bonds is 4. The minimum Gasteiger partial charge on any atom is -0.484 e. The first-order valence-corrected chi connectivity index (χ1v) is 7.29. The van der Waals surface area contributed by atoms with Gasteiger partial charge in [-0.3, -0.25) is 4.79 Å². The summed E-state index contributed by atoms with van der Waals surface area (Å²) in [5.74, 6) is 1.41. The molecule has 1 heterocycles. The van der Waals surface area contributed by atoms with Crippen molar-refractivity contribution in [2.24, 2.45) is 11.7 Å². The quantitative estimate of drug-likeness (QED) is 0.928. The monoisotopic (exact) mass is 312 g/mol. The number of benzene rings is 1. The Kier molecular flexibility index (Phi) is 6.99. The third-order valence-corrected chi connectivity index (χ3v) is 3.95. The molecule has 0 radical (unpaired) electrons. The van der Waals surface area contributed by atoms with E-state index in [2.05, 4.69) is 6.92 Å². The molecule has 5 heteroatoms. The first kappa shape index (κ1) is 17.8. The minimum absolute atomic E-state index is 0. The van der Waals surface area contributed by atoms with Gasteiger partial charge >= 0.3 is 0 Å². The maximum Gasteiger partial charge on any atom is 0.260 e. The average Bonchev–Trinajstić information content (AvgIpc) is 2.46. The molecule has 4 nitrogen and oxygen atoms in total. The predicted molar refractivity (Wildman–Crippen MR) is 86.9 cm³/mol. The summed E-state index contributed by atoms with van der Waals surface area (Å²) in [5, 5.41) is 0. The lowest BCUT2D eigenvalue weighted by Crippen LogP contribution is -2.50. The van der Waals surface area contributed by atoms with E-state index in [1.54, 1.807) is 0 Å². The molecule has 0 spiro atoms. The van der Waals surface area contributed by atoms with Crippen molar-refractivity contribution < 1.29 is 9.53 Å². The van der Waals surface area contributed by atoms with E-state index in [4.69, 9.17) is 10.5 Å². The van der Waals surface area contributed by atoms with Crippen LogP contribution in [-0.4, -0.2) is 36.5 Å². The van der Waals surface area contributed by atoms with E-state index in [1.807, 2.05) is 36.1 Å². The first-order chi connectivity index (χ1) is 9.60. The van der Waals surface area contributed by atoms with Crippen LogP contribution >= 0.6 is 12.4 Å². The van der Waals surface area contributed by atoms with Crippen LogP contribution in [0.5, 0.6) is 5.75 Å². The number of halogens is 1. The lowest BCUT2D eigenvalue weighted by Gasteiger charge is -2.37. The zero-order chi connectivity index (χ0) is 14.5. The molecular weight excluding hydrogens is 288 g/mol. The summed E-state index contributed by atoms with van der Waals surface area (Å²) in [6, 6.07) is 7.89. The van der Waals surface area contributed by atoms with Crippen molar-refractivity contribution in [2.45, 2.75) is 32.7 Å². The Morgan fingerprint density at radius 3 is 2.67 bits per heavy atom. The van der Waals surface area contributed by atoms with Gasteiger partial charge in [0, 0.05) is 19.1 Å². The van der Waals surface area contributed by atoms with E-state index in [0.717, 1.165) is 25.1 Å². The van der Waals surface area contributed by atoms with Crippen molar-refractivity contribution in [2.75, 3.05) is 19.7 Å². The number of aryl methyl sites for hydroxylation is 1. The zero-order valence-corrected chi connectivity index (χ0v) is 13.6. The van der Waals surface area contributed by atoms with E-state index < -0.39 is 0 Å². The lowest BCUT2D eigenvalue weighted by atomic mass is 9.92. The van der Waals surface area contributed by atoms with Crippen LogP contribution in [0.25, 0.3) is 0 Å². The molecule has 1 amide bonds. The molecule has 2 rings (SSSR count). The average molecular weight is 313 g/mol. The molecule has 0 aliphatic carbocycles. The van der Waals surface area contributed by atoms with E-state index in [-0.39, 0.29) is 31.0 Å². The van der Waals surface area contributed by atoms with Crippen LogP contribution in [0, 0.1) is 12.8 Å². The van der Waals surface area contributed by atoms with Crippen LogP contribution in [-0.2, 0) is 4.79 Å². The molecule has 1 aromatic carbocycles. The van der Waals surface area contributed by atoms with Crippen LogP contribution in [0.3, 0.4) is 0 Å². The highest BCUT2D eigenvalue weighted by Gasteiger charge is 2.28. The number of carbonyl (C=O) groups is 1. The number of carbonyl (C=O) groups excluding carboxylic acids is 1. The summed E-state index contributed by atoms with van der Waals surface area (Å²) in [6.45, 7) is 5.65. The van der Waals surface area contributed by atoms with Crippen LogP contribution in [0.15, 0.2) is 24.3 Å². The van der Waals surface area contributed by atoms with Crippen LogP contribution in [0.2, 0.25) is 0 Å². The normalized spacial score (nSPS) is 21.6. The largest absolute Gasteiger partial charge is 0.484 e. The third kappa shape index (κ3) is 4.90. The van der Waals surface area contributed by atoms with Gasteiger partial charge in [-0.25, -0.2) is 0 Å². The maximum atomic E-state index is 12.3. The fraction of sp³-hybridized carbons (Fsp3) is 0.562. The Labute approximate surface area is 133 Å². The standard InChI is InChI=1S/C16H24N2O2.ClH/c1-12-3-5-15(6-4-12)20-11-16(19)18-8-7-13(2)9-14(18)10-17;/h3-6,13-14H,7-11,17H2,1-2H3;1H.